The first kappa shape index (κ1) is 24.3. The lowest BCUT2D eigenvalue weighted by Gasteiger charge is -2.24. The average Bonchev–Trinajstić information content (AvgIpc) is 3.65. The lowest BCUT2D eigenvalue weighted by molar-refractivity contribution is -0.133. The number of nitrogens with zero attached hydrogens (tertiary/aromatic N) is 5. The predicted octanol–water partition coefficient (Wildman–Crippen LogP) is 4.43. The van der Waals surface area contributed by atoms with Crippen molar-refractivity contribution in [1.29, 1.82) is 0 Å². The van der Waals surface area contributed by atoms with E-state index >= 15 is 0 Å². The average molecular weight is 519 g/mol. The highest BCUT2D eigenvalue weighted by molar-refractivity contribution is 7.19. The number of benzene rings is 1. The van der Waals surface area contributed by atoms with Crippen molar-refractivity contribution in [1.82, 2.24) is 19.8 Å². The second kappa shape index (κ2) is 10.4. The molecule has 2 aromatic heterocycles. The van der Waals surface area contributed by atoms with E-state index in [0.29, 0.717) is 13.2 Å². The fourth-order valence-corrected chi connectivity index (χ4v) is 7.01. The lowest BCUT2D eigenvalue weighted by Crippen LogP contribution is -2.32. The van der Waals surface area contributed by atoms with Crippen LogP contribution in [0.5, 0.6) is 5.75 Å². The smallest absolute Gasteiger partial charge is 0.225 e. The molecule has 37 heavy (non-hydrogen) atoms. The molecule has 1 aromatic carbocycles. The summed E-state index contributed by atoms with van der Waals surface area (Å²) in [6.07, 6.45) is 9.67. The standard InChI is InChI=1S/C28H34N6O2S/c1-33(2)28(35)18-6-7-21-24(14-18)37-27-25(21)26(30-17-31-27)32-22-12-19-15-29-16-20(19)13-23(22)36-11-5-10-34-8-3-4-9-34/h12-13,15,17-18H,3-11,14,16H2,1-2H3,(H,30,31,32)/t18-/m0/s1. The molecule has 4 heterocycles. The molecule has 1 aliphatic carbocycles. The number of carbonyl (C=O) groups excluding carboxylic acids is 1. The van der Waals surface area contributed by atoms with Crippen LogP contribution < -0.4 is 10.1 Å². The summed E-state index contributed by atoms with van der Waals surface area (Å²) < 4.78 is 6.34. The zero-order valence-corrected chi connectivity index (χ0v) is 22.4. The minimum Gasteiger partial charge on any atom is -0.491 e. The van der Waals surface area contributed by atoms with Gasteiger partial charge in [0.15, 0.2) is 0 Å². The highest BCUT2D eigenvalue weighted by Gasteiger charge is 2.30. The van der Waals surface area contributed by atoms with E-state index in [1.54, 1.807) is 22.6 Å². The van der Waals surface area contributed by atoms with Gasteiger partial charge in [-0.15, -0.1) is 11.3 Å². The Labute approximate surface area is 221 Å². The fraction of sp³-hybridized carbons (Fsp3) is 0.500. The molecule has 9 heteroatoms. The van der Waals surface area contributed by atoms with Crippen molar-refractivity contribution in [2.24, 2.45) is 10.9 Å². The van der Waals surface area contributed by atoms with Crippen molar-refractivity contribution < 1.29 is 9.53 Å². The van der Waals surface area contributed by atoms with Gasteiger partial charge in [0.2, 0.25) is 5.91 Å². The first-order chi connectivity index (χ1) is 18.1. The van der Waals surface area contributed by atoms with E-state index in [-0.39, 0.29) is 11.8 Å². The van der Waals surface area contributed by atoms with Gasteiger partial charge in [-0.05, 0) is 80.4 Å². The zero-order valence-electron chi connectivity index (χ0n) is 21.6. The van der Waals surface area contributed by atoms with Gasteiger partial charge in [0.05, 0.1) is 24.2 Å². The summed E-state index contributed by atoms with van der Waals surface area (Å²) in [5.41, 5.74) is 4.50. The Morgan fingerprint density at radius 3 is 2.95 bits per heavy atom. The number of aryl methyl sites for hydroxylation is 1. The van der Waals surface area contributed by atoms with E-state index in [9.17, 15) is 4.79 Å². The molecule has 3 aliphatic rings. The van der Waals surface area contributed by atoms with E-state index in [2.05, 4.69) is 37.3 Å². The number of amides is 1. The van der Waals surface area contributed by atoms with Gasteiger partial charge in [0.25, 0.3) is 0 Å². The van der Waals surface area contributed by atoms with Crippen LogP contribution in [0.4, 0.5) is 11.5 Å². The SMILES string of the molecule is CN(C)C(=O)[C@H]1CCc2c(sc3ncnc(Nc4cc5c(cc4OCCCN4CCCC4)CN=C5)c23)C1. The van der Waals surface area contributed by atoms with Gasteiger partial charge in [0.1, 0.15) is 22.7 Å². The van der Waals surface area contributed by atoms with Crippen molar-refractivity contribution in [3.63, 3.8) is 0 Å². The number of aromatic nitrogens is 2. The van der Waals surface area contributed by atoms with E-state index in [4.69, 9.17) is 4.74 Å². The molecule has 0 bridgehead atoms. The third-order valence-electron chi connectivity index (χ3n) is 7.70. The maximum absolute atomic E-state index is 12.6. The van der Waals surface area contributed by atoms with Crippen LogP contribution in [-0.2, 0) is 24.2 Å². The molecule has 0 saturated carbocycles. The third-order valence-corrected chi connectivity index (χ3v) is 8.86. The number of ether oxygens (including phenoxy) is 1. The lowest BCUT2D eigenvalue weighted by atomic mass is 9.87. The maximum atomic E-state index is 12.6. The molecule has 0 spiro atoms. The van der Waals surface area contributed by atoms with Crippen molar-refractivity contribution >= 4 is 45.2 Å². The quantitative estimate of drug-likeness (QED) is 0.445. The first-order valence-corrected chi connectivity index (χ1v) is 14.1. The number of thiophene rings is 1. The zero-order chi connectivity index (χ0) is 25.4. The number of anilines is 2. The van der Waals surface area contributed by atoms with Crippen molar-refractivity contribution in [2.45, 2.75) is 45.1 Å². The number of aliphatic imine (C=N–C) groups is 1. The van der Waals surface area contributed by atoms with Crippen LogP contribution in [0.15, 0.2) is 23.5 Å². The van der Waals surface area contributed by atoms with Crippen LogP contribution in [0, 0.1) is 5.92 Å². The predicted molar refractivity (Wildman–Crippen MR) is 148 cm³/mol. The van der Waals surface area contributed by atoms with Gasteiger partial charge < -0.3 is 19.9 Å². The Balaban J connectivity index is 1.25. The van der Waals surface area contributed by atoms with E-state index < -0.39 is 0 Å². The number of hydrogen-bond donors (Lipinski definition) is 1. The summed E-state index contributed by atoms with van der Waals surface area (Å²) in [5, 5.41) is 4.68. The molecule has 1 saturated heterocycles. The van der Waals surface area contributed by atoms with Crippen molar-refractivity contribution in [3.8, 4) is 5.75 Å². The minimum absolute atomic E-state index is 0.0384. The van der Waals surface area contributed by atoms with Gasteiger partial charge in [-0.1, -0.05) is 0 Å². The number of fused-ring (bicyclic) bond motifs is 4. The van der Waals surface area contributed by atoms with Crippen molar-refractivity contribution in [3.05, 3.63) is 40.0 Å². The van der Waals surface area contributed by atoms with Crippen LogP contribution in [0.2, 0.25) is 0 Å². The molecule has 1 amide bonds. The van der Waals surface area contributed by atoms with Gasteiger partial charge in [-0.2, -0.15) is 0 Å². The highest BCUT2D eigenvalue weighted by Crippen LogP contribution is 2.42. The summed E-state index contributed by atoms with van der Waals surface area (Å²) in [6, 6.07) is 4.25. The Morgan fingerprint density at radius 1 is 1.24 bits per heavy atom. The van der Waals surface area contributed by atoms with Crippen LogP contribution in [0.1, 0.15) is 47.3 Å². The minimum atomic E-state index is 0.0384. The summed E-state index contributed by atoms with van der Waals surface area (Å²) in [5.74, 6) is 1.89. The number of rotatable bonds is 8. The monoisotopic (exact) mass is 518 g/mol. The normalized spacial score (nSPS) is 18.7. The molecule has 6 rings (SSSR count). The van der Waals surface area contributed by atoms with Crippen LogP contribution in [-0.4, -0.2) is 72.2 Å². The largest absolute Gasteiger partial charge is 0.491 e. The highest BCUT2D eigenvalue weighted by atomic mass is 32.1. The van der Waals surface area contributed by atoms with E-state index in [1.165, 1.54) is 41.9 Å². The molecule has 2 aliphatic heterocycles. The Hall–Kier alpha value is -3.04. The molecule has 0 unspecified atom stereocenters. The Bertz CT molecular complexity index is 1340. The van der Waals surface area contributed by atoms with Crippen molar-refractivity contribution in [2.75, 3.05) is 45.7 Å². The summed E-state index contributed by atoms with van der Waals surface area (Å²) in [7, 11) is 3.67. The van der Waals surface area contributed by atoms with Gasteiger partial charge in [-0.3, -0.25) is 9.79 Å². The van der Waals surface area contributed by atoms with Crippen LogP contribution in [0.3, 0.4) is 0 Å². The second-order valence-corrected chi connectivity index (χ2v) is 11.6. The molecular weight excluding hydrogens is 484 g/mol. The Kier molecular flexibility index (Phi) is 6.82. The van der Waals surface area contributed by atoms with Gasteiger partial charge in [-0.25, -0.2) is 9.97 Å². The molecule has 0 radical (unpaired) electrons. The summed E-state index contributed by atoms with van der Waals surface area (Å²) in [6.45, 7) is 4.88. The molecular formula is C28H34N6O2S. The number of nitrogens with one attached hydrogen (secondary N) is 1. The fourth-order valence-electron chi connectivity index (χ4n) is 5.74. The molecule has 1 N–H and O–H groups in total. The first-order valence-electron chi connectivity index (χ1n) is 13.3. The molecule has 194 valence electrons. The molecule has 8 nitrogen and oxygen atoms in total. The number of likely N-dealkylation sites (tertiary alicyclic amines) is 1. The van der Waals surface area contributed by atoms with E-state index in [1.807, 2.05) is 20.3 Å². The molecule has 1 atom stereocenters. The maximum Gasteiger partial charge on any atom is 0.225 e. The van der Waals surface area contributed by atoms with Crippen LogP contribution >= 0.6 is 11.3 Å². The topological polar surface area (TPSA) is 83.0 Å². The molecule has 3 aromatic rings. The Morgan fingerprint density at radius 2 is 2.11 bits per heavy atom. The summed E-state index contributed by atoms with van der Waals surface area (Å²) >= 11 is 1.69. The van der Waals surface area contributed by atoms with E-state index in [0.717, 1.165) is 65.3 Å². The summed E-state index contributed by atoms with van der Waals surface area (Å²) in [4.78, 5) is 32.8. The van der Waals surface area contributed by atoms with Gasteiger partial charge >= 0.3 is 0 Å². The number of hydrogen-bond acceptors (Lipinski definition) is 8. The second-order valence-electron chi connectivity index (χ2n) is 10.5. The number of carbonyl (C=O) groups is 1. The van der Waals surface area contributed by atoms with Gasteiger partial charge in [0, 0.05) is 37.6 Å². The third kappa shape index (κ3) is 4.94. The molecule has 1 fully saturated rings. The van der Waals surface area contributed by atoms with Crippen LogP contribution in [0.25, 0.3) is 10.2 Å².